The summed E-state index contributed by atoms with van der Waals surface area (Å²) in [6, 6.07) is 0.438. The van der Waals surface area contributed by atoms with Gasteiger partial charge in [-0.2, -0.15) is 0 Å². The second-order valence-corrected chi connectivity index (χ2v) is 6.49. The van der Waals surface area contributed by atoms with Gasteiger partial charge in [-0.05, 0) is 52.0 Å². The second-order valence-electron chi connectivity index (χ2n) is 6.49. The van der Waals surface area contributed by atoms with E-state index in [4.69, 9.17) is 14.2 Å². The molecule has 2 saturated heterocycles. The highest BCUT2D eigenvalue weighted by molar-refractivity contribution is 4.94. The fourth-order valence-corrected chi connectivity index (χ4v) is 4.05. The molecule has 0 saturated carbocycles. The molecule has 0 aromatic carbocycles. The van der Waals surface area contributed by atoms with Crippen LogP contribution in [0.25, 0.3) is 0 Å². The Hall–Kier alpha value is -0.160. The zero-order valence-electron chi connectivity index (χ0n) is 14.0. The molecule has 3 atom stereocenters. The lowest BCUT2D eigenvalue weighted by Crippen LogP contribution is -2.52. The van der Waals surface area contributed by atoms with E-state index in [-0.39, 0.29) is 5.60 Å². The van der Waals surface area contributed by atoms with Gasteiger partial charge in [0.1, 0.15) is 0 Å². The Bertz CT molecular complexity index is 280. The quantitative estimate of drug-likeness (QED) is 0.784. The fourth-order valence-electron chi connectivity index (χ4n) is 4.05. The number of ether oxygens (including phenoxy) is 3. The van der Waals surface area contributed by atoms with Crippen molar-refractivity contribution in [3.8, 4) is 0 Å². The van der Waals surface area contributed by atoms with Crippen molar-refractivity contribution in [2.45, 2.75) is 70.1 Å². The van der Waals surface area contributed by atoms with Crippen molar-refractivity contribution in [3.05, 3.63) is 0 Å². The van der Waals surface area contributed by atoms with E-state index in [2.05, 4.69) is 26.2 Å². The predicted molar refractivity (Wildman–Crippen MR) is 84.6 cm³/mol. The molecule has 0 aromatic rings. The molecule has 0 amide bonds. The third-order valence-electron chi connectivity index (χ3n) is 5.13. The number of hydrogen-bond donors (Lipinski definition) is 1. The van der Waals surface area contributed by atoms with Crippen molar-refractivity contribution in [2.24, 2.45) is 5.92 Å². The molecule has 3 unspecified atom stereocenters. The molecule has 4 heteroatoms. The summed E-state index contributed by atoms with van der Waals surface area (Å²) < 4.78 is 17.7. The summed E-state index contributed by atoms with van der Waals surface area (Å²) in [6.07, 6.45) is 7.01. The average molecular weight is 299 g/mol. The Morgan fingerprint density at radius 2 is 2.00 bits per heavy atom. The van der Waals surface area contributed by atoms with Gasteiger partial charge in [0.25, 0.3) is 0 Å². The lowest BCUT2D eigenvalue weighted by Gasteiger charge is -2.46. The van der Waals surface area contributed by atoms with Crippen molar-refractivity contribution in [2.75, 3.05) is 33.5 Å². The van der Waals surface area contributed by atoms with Crippen LogP contribution in [0.15, 0.2) is 0 Å². The Morgan fingerprint density at radius 1 is 1.24 bits per heavy atom. The van der Waals surface area contributed by atoms with Gasteiger partial charge in [-0.3, -0.25) is 0 Å². The van der Waals surface area contributed by atoms with Crippen molar-refractivity contribution in [1.29, 1.82) is 0 Å². The first-order valence-electron chi connectivity index (χ1n) is 8.75. The molecule has 21 heavy (non-hydrogen) atoms. The van der Waals surface area contributed by atoms with Crippen LogP contribution in [0, 0.1) is 5.92 Å². The van der Waals surface area contributed by atoms with E-state index >= 15 is 0 Å². The smallest absolute Gasteiger partial charge is 0.0730 e. The minimum absolute atomic E-state index is 0.0687. The fraction of sp³-hybridized carbons (Fsp3) is 1.00. The lowest BCUT2D eigenvalue weighted by atomic mass is 9.76. The maximum atomic E-state index is 6.18. The van der Waals surface area contributed by atoms with Crippen LogP contribution < -0.4 is 5.32 Å². The van der Waals surface area contributed by atoms with Gasteiger partial charge in [0.2, 0.25) is 0 Å². The molecule has 2 rings (SSSR count). The molecule has 2 heterocycles. The summed E-state index contributed by atoms with van der Waals surface area (Å²) in [5.41, 5.74) is 0.0687. The number of likely N-dealkylation sites (N-methyl/N-ethyl adjacent to an activating group) is 1. The molecule has 2 aliphatic rings. The molecule has 0 aromatic heterocycles. The van der Waals surface area contributed by atoms with Crippen LogP contribution in [-0.2, 0) is 14.2 Å². The molecule has 2 fully saturated rings. The summed E-state index contributed by atoms with van der Waals surface area (Å²) >= 11 is 0. The van der Waals surface area contributed by atoms with Crippen molar-refractivity contribution in [1.82, 2.24) is 5.32 Å². The Labute approximate surface area is 129 Å². The summed E-state index contributed by atoms with van der Waals surface area (Å²) in [4.78, 5) is 0. The molecule has 0 bridgehead atoms. The summed E-state index contributed by atoms with van der Waals surface area (Å²) in [7, 11) is 2.08. The third kappa shape index (κ3) is 4.41. The van der Waals surface area contributed by atoms with Gasteiger partial charge in [-0.25, -0.2) is 0 Å². The van der Waals surface area contributed by atoms with Gasteiger partial charge in [0.15, 0.2) is 0 Å². The standard InChI is InChI=1S/C17H33NO3/c1-4-6-15(20-5-2)16(18-3)14-7-10-21-17(13-14)8-11-19-12-9-17/h14-16,18H,4-13H2,1-3H3. The van der Waals surface area contributed by atoms with Gasteiger partial charge in [-0.1, -0.05) is 13.3 Å². The molecule has 1 spiro atoms. The largest absolute Gasteiger partial charge is 0.381 e. The second kappa shape index (κ2) is 8.47. The molecular weight excluding hydrogens is 266 g/mol. The number of nitrogens with one attached hydrogen (secondary N) is 1. The number of rotatable bonds is 7. The minimum Gasteiger partial charge on any atom is -0.381 e. The van der Waals surface area contributed by atoms with Gasteiger partial charge in [0.05, 0.1) is 11.7 Å². The van der Waals surface area contributed by atoms with Crippen molar-refractivity contribution < 1.29 is 14.2 Å². The Kier molecular flexibility index (Phi) is 6.93. The molecule has 0 aliphatic carbocycles. The topological polar surface area (TPSA) is 39.7 Å². The first kappa shape index (κ1) is 17.2. The first-order valence-corrected chi connectivity index (χ1v) is 8.75. The van der Waals surface area contributed by atoms with E-state index in [9.17, 15) is 0 Å². The maximum Gasteiger partial charge on any atom is 0.0730 e. The monoisotopic (exact) mass is 299 g/mol. The van der Waals surface area contributed by atoms with Gasteiger partial charge in [0, 0.05) is 32.5 Å². The van der Waals surface area contributed by atoms with Crippen molar-refractivity contribution in [3.63, 3.8) is 0 Å². The Balaban J connectivity index is 2.02. The van der Waals surface area contributed by atoms with E-state index in [0.29, 0.717) is 18.1 Å². The van der Waals surface area contributed by atoms with Crippen LogP contribution in [0.2, 0.25) is 0 Å². The van der Waals surface area contributed by atoms with Crippen LogP contribution in [0.4, 0.5) is 0 Å². The zero-order valence-corrected chi connectivity index (χ0v) is 14.0. The van der Waals surface area contributed by atoms with Crippen LogP contribution in [0.1, 0.15) is 52.4 Å². The molecule has 4 nitrogen and oxygen atoms in total. The molecule has 1 N–H and O–H groups in total. The van der Waals surface area contributed by atoms with Crippen LogP contribution >= 0.6 is 0 Å². The molecule has 2 aliphatic heterocycles. The van der Waals surface area contributed by atoms with Crippen LogP contribution in [-0.4, -0.2) is 51.2 Å². The molecular formula is C17H33NO3. The van der Waals surface area contributed by atoms with E-state index in [1.54, 1.807) is 0 Å². The minimum atomic E-state index is 0.0687. The lowest BCUT2D eigenvalue weighted by molar-refractivity contribution is -0.155. The SMILES string of the molecule is CCCC(OCC)C(NC)C1CCOC2(CCOCC2)C1. The van der Waals surface area contributed by atoms with Gasteiger partial charge in [-0.15, -0.1) is 0 Å². The summed E-state index contributed by atoms with van der Waals surface area (Å²) in [6.45, 7) is 7.71. The zero-order chi connectivity index (χ0) is 15.1. The van der Waals surface area contributed by atoms with E-state index < -0.39 is 0 Å². The molecule has 0 radical (unpaired) electrons. The highest BCUT2D eigenvalue weighted by atomic mass is 16.5. The van der Waals surface area contributed by atoms with E-state index in [1.165, 1.54) is 6.42 Å². The predicted octanol–water partition coefficient (Wildman–Crippen LogP) is 2.76. The first-order chi connectivity index (χ1) is 10.2. The van der Waals surface area contributed by atoms with E-state index in [0.717, 1.165) is 58.5 Å². The van der Waals surface area contributed by atoms with Crippen LogP contribution in [0.5, 0.6) is 0 Å². The molecule has 124 valence electrons. The highest BCUT2D eigenvalue weighted by Crippen LogP contribution is 2.39. The van der Waals surface area contributed by atoms with E-state index in [1.807, 2.05) is 0 Å². The van der Waals surface area contributed by atoms with Gasteiger partial charge >= 0.3 is 0 Å². The highest BCUT2D eigenvalue weighted by Gasteiger charge is 2.42. The summed E-state index contributed by atoms with van der Waals surface area (Å²) in [5.74, 6) is 0.643. The number of hydrogen-bond acceptors (Lipinski definition) is 4. The maximum absolute atomic E-state index is 6.18. The van der Waals surface area contributed by atoms with Crippen LogP contribution in [0.3, 0.4) is 0 Å². The van der Waals surface area contributed by atoms with Crippen molar-refractivity contribution >= 4 is 0 Å². The third-order valence-corrected chi connectivity index (χ3v) is 5.13. The van der Waals surface area contributed by atoms with Gasteiger partial charge < -0.3 is 19.5 Å². The average Bonchev–Trinajstić information content (AvgIpc) is 2.49. The normalized spacial score (nSPS) is 28.4. The Morgan fingerprint density at radius 3 is 2.62 bits per heavy atom. The summed E-state index contributed by atoms with van der Waals surface area (Å²) in [5, 5.41) is 3.55.